The minimum atomic E-state index is -0.887. The van der Waals surface area contributed by atoms with Gasteiger partial charge in [0, 0.05) is 0 Å². The molecule has 1 aromatic rings. The fraction of sp³-hybridized carbons (Fsp3) is 0.765. The zero-order valence-corrected chi connectivity index (χ0v) is 26.5. The summed E-state index contributed by atoms with van der Waals surface area (Å²) in [7, 11) is 0. The first-order valence-electron chi connectivity index (χ1n) is 16.0. The van der Waals surface area contributed by atoms with Crippen LogP contribution in [0.5, 0.6) is 0 Å². The number of hydrogen-bond acceptors (Lipinski definition) is 3. The lowest BCUT2D eigenvalue weighted by Gasteiger charge is -2.37. The van der Waals surface area contributed by atoms with Gasteiger partial charge in [0.2, 0.25) is 0 Å². The quantitative estimate of drug-likeness (QED) is 0.0887. The number of aliphatic carboxylic acids is 2. The van der Waals surface area contributed by atoms with E-state index in [2.05, 4.69) is 6.92 Å². The van der Waals surface area contributed by atoms with Crippen LogP contribution in [0.15, 0.2) is 30.3 Å². The molecule has 230 valence electrons. The Bertz CT molecular complexity index is 810. The van der Waals surface area contributed by atoms with Gasteiger partial charge < -0.3 is 14.9 Å². The van der Waals surface area contributed by atoms with Gasteiger partial charge >= 0.3 is 11.9 Å². The van der Waals surface area contributed by atoms with Crippen LogP contribution in [0, 0.1) is 10.8 Å². The predicted octanol–water partition coefficient (Wildman–Crippen LogP) is 10.0. The molecule has 0 aromatic heterocycles. The molecule has 5 nitrogen and oxygen atoms in total. The monoisotopic (exact) mass is 580 g/mol. The molecule has 3 atom stereocenters. The van der Waals surface area contributed by atoms with Crippen molar-refractivity contribution < 1.29 is 24.5 Å². The molecule has 3 unspecified atom stereocenters. The minimum Gasteiger partial charge on any atom is -0.481 e. The number of unbranched alkanes of at least 4 members (excludes halogenated alkanes) is 10. The third-order valence-corrected chi connectivity index (χ3v) is 9.12. The number of halogens is 1. The van der Waals surface area contributed by atoms with E-state index < -0.39 is 28.3 Å². The van der Waals surface area contributed by atoms with E-state index in [0.29, 0.717) is 32.1 Å². The molecular weight excluding hydrogens is 524 g/mol. The molecule has 0 heterocycles. The van der Waals surface area contributed by atoms with E-state index >= 15 is 0 Å². The van der Waals surface area contributed by atoms with E-state index in [1.54, 1.807) is 0 Å². The standard InChI is InChI=1S/C34H57ClO5/c1-5-8-9-10-13-19-24-29(34(6-2,7-3)32(38)39)40-30(35)25-20-14-11-12-15-21-26-33(4,31(36)37)27-28-22-17-16-18-23-28/h16-18,22-23,29-30H,5-15,19-21,24-27H2,1-4H3,(H,36,37)(H,38,39). The molecule has 0 spiro atoms. The molecule has 1 aromatic carbocycles. The second kappa shape index (κ2) is 20.3. The van der Waals surface area contributed by atoms with Crippen LogP contribution in [0.4, 0.5) is 0 Å². The van der Waals surface area contributed by atoms with Crippen LogP contribution in [-0.4, -0.2) is 33.8 Å². The lowest BCUT2D eigenvalue weighted by atomic mass is 9.75. The number of carbonyl (C=O) groups is 2. The van der Waals surface area contributed by atoms with Gasteiger partial charge in [0.15, 0.2) is 0 Å². The van der Waals surface area contributed by atoms with E-state index in [4.69, 9.17) is 16.3 Å². The number of benzene rings is 1. The smallest absolute Gasteiger partial charge is 0.312 e. The maximum absolute atomic E-state index is 12.3. The topological polar surface area (TPSA) is 83.8 Å². The predicted molar refractivity (Wildman–Crippen MR) is 166 cm³/mol. The van der Waals surface area contributed by atoms with Crippen molar-refractivity contribution in [3.05, 3.63) is 35.9 Å². The molecule has 0 aliphatic rings. The van der Waals surface area contributed by atoms with Crippen molar-refractivity contribution in [3.8, 4) is 0 Å². The third-order valence-electron chi connectivity index (χ3n) is 8.80. The molecule has 0 bridgehead atoms. The number of ether oxygens (including phenoxy) is 1. The average molecular weight is 581 g/mol. The molecule has 0 aliphatic carbocycles. The van der Waals surface area contributed by atoms with Crippen LogP contribution in [0.1, 0.15) is 142 Å². The van der Waals surface area contributed by atoms with Gasteiger partial charge in [-0.25, -0.2) is 0 Å². The summed E-state index contributed by atoms with van der Waals surface area (Å²) in [5.74, 6) is -1.50. The van der Waals surface area contributed by atoms with Gasteiger partial charge in [0.1, 0.15) is 5.56 Å². The highest BCUT2D eigenvalue weighted by molar-refractivity contribution is 6.19. The fourth-order valence-corrected chi connectivity index (χ4v) is 6.10. The lowest BCUT2D eigenvalue weighted by molar-refractivity contribution is -0.163. The second-order valence-electron chi connectivity index (χ2n) is 11.9. The highest BCUT2D eigenvalue weighted by Gasteiger charge is 2.44. The highest BCUT2D eigenvalue weighted by Crippen LogP contribution is 2.38. The maximum Gasteiger partial charge on any atom is 0.312 e. The first-order chi connectivity index (χ1) is 19.1. The Morgan fingerprint density at radius 3 is 1.82 bits per heavy atom. The van der Waals surface area contributed by atoms with Gasteiger partial charge in [-0.3, -0.25) is 9.59 Å². The summed E-state index contributed by atoms with van der Waals surface area (Å²) >= 11 is 6.62. The van der Waals surface area contributed by atoms with Gasteiger partial charge in [-0.1, -0.05) is 133 Å². The van der Waals surface area contributed by atoms with Crippen molar-refractivity contribution in [2.24, 2.45) is 10.8 Å². The molecule has 0 saturated carbocycles. The van der Waals surface area contributed by atoms with Gasteiger partial charge in [0.25, 0.3) is 0 Å². The average Bonchev–Trinajstić information content (AvgIpc) is 2.93. The van der Waals surface area contributed by atoms with E-state index in [1.165, 1.54) is 25.7 Å². The number of alkyl halides is 1. The van der Waals surface area contributed by atoms with Crippen LogP contribution < -0.4 is 0 Å². The van der Waals surface area contributed by atoms with Crippen molar-refractivity contribution >= 4 is 23.5 Å². The highest BCUT2D eigenvalue weighted by atomic mass is 35.5. The molecular formula is C34H57ClO5. The zero-order chi connectivity index (χ0) is 29.9. The summed E-state index contributed by atoms with van der Waals surface area (Å²) in [6, 6.07) is 9.87. The molecule has 0 saturated heterocycles. The lowest BCUT2D eigenvalue weighted by Crippen LogP contribution is -2.44. The number of carboxylic acids is 2. The number of rotatable bonds is 25. The Kier molecular flexibility index (Phi) is 18.5. The molecule has 0 fully saturated rings. The number of hydrogen-bond donors (Lipinski definition) is 2. The van der Waals surface area contributed by atoms with Crippen molar-refractivity contribution in [2.45, 2.75) is 155 Å². The van der Waals surface area contributed by atoms with E-state index in [9.17, 15) is 19.8 Å². The maximum atomic E-state index is 12.3. The summed E-state index contributed by atoms with van der Waals surface area (Å²) in [6.45, 7) is 7.95. The Labute approximate surface area is 249 Å². The first-order valence-corrected chi connectivity index (χ1v) is 16.4. The van der Waals surface area contributed by atoms with Crippen molar-refractivity contribution in [1.82, 2.24) is 0 Å². The molecule has 0 amide bonds. The molecule has 1 rings (SSSR count). The number of carboxylic acid groups (broad SMARTS) is 2. The summed E-state index contributed by atoms with van der Waals surface area (Å²) in [4.78, 5) is 24.3. The van der Waals surface area contributed by atoms with Gasteiger partial charge in [0.05, 0.1) is 16.9 Å². The SMILES string of the molecule is CCCCCCCCC(OC(Cl)CCCCCCCCC(C)(Cc1ccccc1)C(=O)O)C(CC)(CC)C(=O)O. The molecule has 0 aliphatic heterocycles. The van der Waals surface area contributed by atoms with Crippen LogP contribution in [0.2, 0.25) is 0 Å². The Hall–Kier alpha value is -1.59. The largest absolute Gasteiger partial charge is 0.481 e. The van der Waals surface area contributed by atoms with Crippen molar-refractivity contribution in [1.29, 1.82) is 0 Å². The van der Waals surface area contributed by atoms with E-state index in [0.717, 1.165) is 63.4 Å². The van der Waals surface area contributed by atoms with Crippen LogP contribution >= 0.6 is 11.6 Å². The van der Waals surface area contributed by atoms with E-state index in [-0.39, 0.29) is 6.10 Å². The Morgan fingerprint density at radius 1 is 0.775 bits per heavy atom. The third kappa shape index (κ3) is 12.9. The summed E-state index contributed by atoms with van der Waals surface area (Å²) in [5, 5.41) is 19.9. The minimum absolute atomic E-state index is 0.367. The van der Waals surface area contributed by atoms with Crippen molar-refractivity contribution in [3.63, 3.8) is 0 Å². The first kappa shape index (κ1) is 36.4. The molecule has 0 radical (unpaired) electrons. The summed E-state index contributed by atoms with van der Waals surface area (Å²) in [5.41, 5.74) is -1.03. The van der Waals surface area contributed by atoms with Crippen LogP contribution in [0.25, 0.3) is 0 Å². The molecule has 40 heavy (non-hydrogen) atoms. The molecule has 6 heteroatoms. The van der Waals surface area contributed by atoms with Gasteiger partial charge in [-0.05, 0) is 57.4 Å². The van der Waals surface area contributed by atoms with Gasteiger partial charge in [-0.15, -0.1) is 0 Å². The van der Waals surface area contributed by atoms with Crippen molar-refractivity contribution in [2.75, 3.05) is 0 Å². The second-order valence-corrected chi connectivity index (χ2v) is 12.4. The van der Waals surface area contributed by atoms with E-state index in [1.807, 2.05) is 51.1 Å². The molecule has 2 N–H and O–H groups in total. The van der Waals surface area contributed by atoms with Gasteiger partial charge in [-0.2, -0.15) is 0 Å². The fourth-order valence-electron chi connectivity index (χ4n) is 5.82. The van der Waals surface area contributed by atoms with Crippen LogP contribution in [0.3, 0.4) is 0 Å². The zero-order valence-electron chi connectivity index (χ0n) is 25.8. The normalized spacial score (nSPS) is 14.9. The van der Waals surface area contributed by atoms with Crippen LogP contribution in [-0.2, 0) is 20.7 Å². The summed E-state index contributed by atoms with van der Waals surface area (Å²) < 4.78 is 6.27. The summed E-state index contributed by atoms with van der Waals surface area (Å²) in [6.07, 6.45) is 16.4. The Balaban J connectivity index is 2.42. The Morgan fingerprint density at radius 2 is 1.30 bits per heavy atom.